The summed E-state index contributed by atoms with van der Waals surface area (Å²) in [6, 6.07) is 8.06. The van der Waals surface area contributed by atoms with Gasteiger partial charge in [0.05, 0.1) is 26.0 Å². The van der Waals surface area contributed by atoms with Crippen LogP contribution in [0.4, 0.5) is 11.8 Å². The van der Waals surface area contributed by atoms with Gasteiger partial charge >= 0.3 is 0 Å². The van der Waals surface area contributed by atoms with Crippen molar-refractivity contribution in [2.24, 2.45) is 0 Å². The number of nitrogens with one attached hydrogen (secondary N) is 1. The van der Waals surface area contributed by atoms with Gasteiger partial charge in [0.15, 0.2) is 0 Å². The van der Waals surface area contributed by atoms with Crippen molar-refractivity contribution in [2.45, 2.75) is 6.42 Å². The number of benzene rings is 1. The monoisotopic (exact) mass is 312 g/mol. The SMILES string of the molecule is COc1cccc(-c2nc(N3CCOCC3)nc3c2CCN3)c1. The molecule has 1 aromatic carbocycles. The highest BCUT2D eigenvalue weighted by Gasteiger charge is 2.23. The predicted octanol–water partition coefficient (Wildman–Crippen LogP) is 1.96. The fourth-order valence-corrected chi connectivity index (χ4v) is 3.07. The summed E-state index contributed by atoms with van der Waals surface area (Å²) in [4.78, 5) is 11.8. The van der Waals surface area contributed by atoms with Gasteiger partial charge in [0.2, 0.25) is 5.95 Å². The summed E-state index contributed by atoms with van der Waals surface area (Å²) < 4.78 is 10.8. The van der Waals surface area contributed by atoms with Crippen molar-refractivity contribution >= 4 is 11.8 Å². The second-order valence-electron chi connectivity index (χ2n) is 5.71. The van der Waals surface area contributed by atoms with Gasteiger partial charge < -0.3 is 19.7 Å². The molecule has 6 heteroatoms. The molecule has 1 saturated heterocycles. The molecule has 3 heterocycles. The van der Waals surface area contributed by atoms with Crippen LogP contribution in [0.25, 0.3) is 11.3 Å². The molecule has 4 rings (SSSR count). The molecule has 0 unspecified atom stereocenters. The number of nitrogens with zero attached hydrogens (tertiary/aromatic N) is 3. The molecule has 0 amide bonds. The van der Waals surface area contributed by atoms with Crippen LogP contribution in [0, 0.1) is 0 Å². The minimum atomic E-state index is 0.725. The first kappa shape index (κ1) is 14.3. The molecule has 0 saturated carbocycles. The molecule has 2 aliphatic heterocycles. The summed E-state index contributed by atoms with van der Waals surface area (Å²) in [5, 5.41) is 3.38. The van der Waals surface area contributed by atoms with Crippen LogP contribution >= 0.6 is 0 Å². The maximum absolute atomic E-state index is 5.43. The highest BCUT2D eigenvalue weighted by molar-refractivity contribution is 5.73. The third kappa shape index (κ3) is 2.70. The van der Waals surface area contributed by atoms with Crippen LogP contribution in [0.2, 0.25) is 0 Å². The molecule has 2 aromatic rings. The lowest BCUT2D eigenvalue weighted by molar-refractivity contribution is 0.122. The van der Waals surface area contributed by atoms with Gasteiger partial charge in [-0.25, -0.2) is 4.98 Å². The Morgan fingerprint density at radius 2 is 2.09 bits per heavy atom. The van der Waals surface area contributed by atoms with Crippen molar-refractivity contribution in [3.8, 4) is 17.0 Å². The molecule has 120 valence electrons. The van der Waals surface area contributed by atoms with E-state index in [0.29, 0.717) is 0 Å². The van der Waals surface area contributed by atoms with E-state index < -0.39 is 0 Å². The topological polar surface area (TPSA) is 59.5 Å². The zero-order valence-electron chi connectivity index (χ0n) is 13.2. The number of ether oxygens (including phenoxy) is 2. The summed E-state index contributed by atoms with van der Waals surface area (Å²) in [5.41, 5.74) is 3.26. The Balaban J connectivity index is 1.79. The van der Waals surface area contributed by atoms with Crippen molar-refractivity contribution in [3.05, 3.63) is 29.8 Å². The number of anilines is 2. The van der Waals surface area contributed by atoms with Gasteiger partial charge in [-0.15, -0.1) is 0 Å². The van der Waals surface area contributed by atoms with E-state index in [1.54, 1.807) is 7.11 Å². The molecule has 0 bridgehead atoms. The highest BCUT2D eigenvalue weighted by atomic mass is 16.5. The summed E-state index contributed by atoms with van der Waals surface area (Å²) in [7, 11) is 1.68. The van der Waals surface area contributed by atoms with Crippen molar-refractivity contribution in [2.75, 3.05) is 50.2 Å². The Morgan fingerprint density at radius 3 is 2.91 bits per heavy atom. The molecule has 2 aliphatic rings. The van der Waals surface area contributed by atoms with E-state index in [-0.39, 0.29) is 0 Å². The van der Waals surface area contributed by atoms with E-state index >= 15 is 0 Å². The molecule has 6 nitrogen and oxygen atoms in total. The van der Waals surface area contributed by atoms with Gasteiger partial charge in [-0.2, -0.15) is 4.98 Å². The van der Waals surface area contributed by atoms with Gasteiger partial charge in [0.1, 0.15) is 11.6 Å². The highest BCUT2D eigenvalue weighted by Crippen LogP contribution is 2.33. The van der Waals surface area contributed by atoms with Crippen LogP contribution in [-0.2, 0) is 11.2 Å². The molecule has 1 N–H and O–H groups in total. The number of methoxy groups -OCH3 is 1. The summed E-state index contributed by atoms with van der Waals surface area (Å²) in [6.45, 7) is 4.02. The average Bonchev–Trinajstić information content (AvgIpc) is 3.10. The van der Waals surface area contributed by atoms with Crippen LogP contribution in [0.1, 0.15) is 5.56 Å². The Bertz CT molecular complexity index is 714. The van der Waals surface area contributed by atoms with Gasteiger partial charge in [0, 0.05) is 30.8 Å². The van der Waals surface area contributed by atoms with E-state index in [9.17, 15) is 0 Å². The van der Waals surface area contributed by atoms with Gasteiger partial charge in [-0.1, -0.05) is 12.1 Å². The summed E-state index contributed by atoms with van der Waals surface area (Å²) >= 11 is 0. The molecule has 0 aliphatic carbocycles. The third-order valence-corrected chi connectivity index (χ3v) is 4.30. The number of rotatable bonds is 3. The van der Waals surface area contributed by atoms with Crippen molar-refractivity contribution in [1.29, 1.82) is 0 Å². The summed E-state index contributed by atoms with van der Waals surface area (Å²) in [6.07, 6.45) is 0.950. The lowest BCUT2D eigenvalue weighted by atomic mass is 10.1. The number of aromatic nitrogens is 2. The van der Waals surface area contributed by atoms with E-state index in [2.05, 4.69) is 16.3 Å². The maximum Gasteiger partial charge on any atom is 0.228 e. The van der Waals surface area contributed by atoms with Gasteiger partial charge in [-0.05, 0) is 18.6 Å². The molecular formula is C17H20N4O2. The summed E-state index contributed by atoms with van der Waals surface area (Å²) in [5.74, 6) is 2.58. The van der Waals surface area contributed by atoms with Gasteiger partial charge in [0.25, 0.3) is 0 Å². The second-order valence-corrected chi connectivity index (χ2v) is 5.71. The number of fused-ring (bicyclic) bond motifs is 1. The van der Waals surface area contributed by atoms with Crippen LogP contribution in [-0.4, -0.2) is 49.9 Å². The zero-order valence-corrected chi connectivity index (χ0v) is 13.2. The molecule has 1 aromatic heterocycles. The van der Waals surface area contributed by atoms with Crippen LogP contribution in [0.5, 0.6) is 5.75 Å². The zero-order chi connectivity index (χ0) is 15.6. The lowest BCUT2D eigenvalue weighted by Gasteiger charge is -2.27. The van der Waals surface area contributed by atoms with Crippen molar-refractivity contribution in [1.82, 2.24) is 9.97 Å². The Kier molecular flexibility index (Phi) is 3.75. The fourth-order valence-electron chi connectivity index (χ4n) is 3.07. The van der Waals surface area contributed by atoms with Crippen LogP contribution in [0.15, 0.2) is 24.3 Å². The maximum atomic E-state index is 5.43. The first-order chi connectivity index (χ1) is 11.3. The quantitative estimate of drug-likeness (QED) is 0.935. The Morgan fingerprint density at radius 1 is 1.22 bits per heavy atom. The largest absolute Gasteiger partial charge is 0.497 e. The van der Waals surface area contributed by atoms with Crippen LogP contribution in [0.3, 0.4) is 0 Å². The minimum Gasteiger partial charge on any atom is -0.497 e. The van der Waals surface area contributed by atoms with E-state index in [1.807, 2.05) is 18.2 Å². The first-order valence-corrected chi connectivity index (χ1v) is 7.97. The first-order valence-electron chi connectivity index (χ1n) is 7.97. The molecule has 23 heavy (non-hydrogen) atoms. The standard InChI is InChI=1S/C17H20N4O2/c1-22-13-4-2-3-12(11-13)15-14-5-6-18-16(14)20-17(19-15)21-7-9-23-10-8-21/h2-4,11H,5-10H2,1H3,(H,18,19,20). The smallest absolute Gasteiger partial charge is 0.228 e. The molecular weight excluding hydrogens is 292 g/mol. The number of hydrogen-bond donors (Lipinski definition) is 1. The molecule has 0 atom stereocenters. The van der Waals surface area contributed by atoms with Crippen LogP contribution < -0.4 is 15.0 Å². The lowest BCUT2D eigenvalue weighted by Crippen LogP contribution is -2.37. The Labute approximate surface area is 135 Å². The number of hydrogen-bond acceptors (Lipinski definition) is 6. The Hall–Kier alpha value is -2.34. The molecule has 0 radical (unpaired) electrons. The normalized spacial score (nSPS) is 16.8. The third-order valence-electron chi connectivity index (χ3n) is 4.30. The second kappa shape index (κ2) is 6.04. The van der Waals surface area contributed by atoms with E-state index in [1.165, 1.54) is 5.56 Å². The van der Waals surface area contributed by atoms with Crippen molar-refractivity contribution in [3.63, 3.8) is 0 Å². The van der Waals surface area contributed by atoms with Gasteiger partial charge in [-0.3, -0.25) is 0 Å². The predicted molar refractivity (Wildman–Crippen MR) is 89.2 cm³/mol. The van der Waals surface area contributed by atoms with E-state index in [0.717, 1.165) is 68.0 Å². The van der Waals surface area contributed by atoms with Crippen molar-refractivity contribution < 1.29 is 9.47 Å². The fraction of sp³-hybridized carbons (Fsp3) is 0.412. The van der Waals surface area contributed by atoms with E-state index in [4.69, 9.17) is 19.4 Å². The molecule has 0 spiro atoms. The average molecular weight is 312 g/mol. The number of morpholine rings is 1. The minimum absolute atomic E-state index is 0.725. The molecule has 1 fully saturated rings.